The topological polar surface area (TPSA) is 47.0 Å². The van der Waals surface area contributed by atoms with Gasteiger partial charge in [0, 0.05) is 18.0 Å². The summed E-state index contributed by atoms with van der Waals surface area (Å²) < 4.78 is 10.1. The van der Waals surface area contributed by atoms with Crippen LogP contribution in [-0.4, -0.2) is 27.6 Å². The number of fused-ring (bicyclic) bond motifs is 2. The molecule has 2 aliphatic heterocycles. The Bertz CT molecular complexity index is 354. The van der Waals surface area contributed by atoms with Crippen molar-refractivity contribution in [1.29, 1.82) is 0 Å². The SMILES string of the molecule is CCc1nsc(N[C@H]2C[C@H]3CC[C@H]2O3)n1. The minimum atomic E-state index is 0.406. The van der Waals surface area contributed by atoms with Crippen molar-refractivity contribution < 1.29 is 4.74 Å². The third kappa shape index (κ3) is 1.74. The Kier molecular flexibility index (Phi) is 2.36. The Morgan fingerprint density at radius 2 is 2.47 bits per heavy atom. The van der Waals surface area contributed by atoms with E-state index in [-0.39, 0.29) is 0 Å². The molecule has 3 rings (SSSR count). The number of anilines is 1. The van der Waals surface area contributed by atoms with Crippen molar-refractivity contribution in [2.45, 2.75) is 50.9 Å². The maximum atomic E-state index is 5.78. The third-order valence-corrected chi connectivity index (χ3v) is 3.88. The molecule has 0 saturated carbocycles. The number of nitrogens with zero attached hydrogens (tertiary/aromatic N) is 2. The summed E-state index contributed by atoms with van der Waals surface area (Å²) in [5.74, 6) is 0.937. The van der Waals surface area contributed by atoms with Crippen LogP contribution in [0.5, 0.6) is 0 Å². The summed E-state index contributed by atoms with van der Waals surface area (Å²) in [5.41, 5.74) is 0. The quantitative estimate of drug-likeness (QED) is 0.852. The molecule has 0 unspecified atom stereocenters. The van der Waals surface area contributed by atoms with Gasteiger partial charge in [-0.05, 0) is 19.3 Å². The minimum Gasteiger partial charge on any atom is -0.373 e. The van der Waals surface area contributed by atoms with E-state index in [0.717, 1.165) is 23.8 Å². The molecule has 0 spiro atoms. The maximum Gasteiger partial charge on any atom is 0.202 e. The summed E-state index contributed by atoms with van der Waals surface area (Å²) >= 11 is 1.46. The average Bonchev–Trinajstić information content (AvgIpc) is 2.92. The Labute approximate surface area is 93.2 Å². The molecule has 2 bridgehead atoms. The number of nitrogens with one attached hydrogen (secondary N) is 1. The van der Waals surface area contributed by atoms with E-state index >= 15 is 0 Å². The molecule has 0 amide bonds. The van der Waals surface area contributed by atoms with Crippen molar-refractivity contribution in [2.24, 2.45) is 0 Å². The summed E-state index contributed by atoms with van der Waals surface area (Å²) in [6, 6.07) is 0.460. The Hall–Kier alpha value is -0.680. The first kappa shape index (κ1) is 9.54. The van der Waals surface area contributed by atoms with Crippen molar-refractivity contribution in [3.63, 3.8) is 0 Å². The molecule has 1 aromatic heterocycles. The van der Waals surface area contributed by atoms with Gasteiger partial charge in [-0.1, -0.05) is 6.92 Å². The Morgan fingerprint density at radius 1 is 1.53 bits per heavy atom. The number of hydrogen-bond donors (Lipinski definition) is 1. The molecular formula is C10H15N3OS. The van der Waals surface area contributed by atoms with Crippen molar-refractivity contribution in [3.8, 4) is 0 Å². The molecule has 2 saturated heterocycles. The average molecular weight is 225 g/mol. The largest absolute Gasteiger partial charge is 0.373 e. The van der Waals surface area contributed by atoms with Crippen molar-refractivity contribution in [3.05, 3.63) is 5.82 Å². The highest BCUT2D eigenvalue weighted by molar-refractivity contribution is 7.09. The highest BCUT2D eigenvalue weighted by Gasteiger charge is 2.40. The first-order chi connectivity index (χ1) is 7.35. The Morgan fingerprint density at radius 3 is 3.07 bits per heavy atom. The van der Waals surface area contributed by atoms with Gasteiger partial charge in [0.15, 0.2) is 0 Å². The highest BCUT2D eigenvalue weighted by Crippen LogP contribution is 2.36. The standard InChI is InChI=1S/C10H15N3OS/c1-2-9-12-10(15-13-9)11-7-5-6-3-4-8(7)14-6/h6-8H,2-5H2,1H3,(H,11,12,13)/t6-,7+,8-/m1/s1. The predicted molar refractivity (Wildman–Crippen MR) is 59.2 cm³/mol. The van der Waals surface area contributed by atoms with E-state index in [2.05, 4.69) is 21.6 Å². The van der Waals surface area contributed by atoms with Crippen LogP contribution in [0.3, 0.4) is 0 Å². The van der Waals surface area contributed by atoms with Gasteiger partial charge >= 0.3 is 0 Å². The Balaban J connectivity index is 1.65. The zero-order chi connectivity index (χ0) is 10.3. The molecule has 3 heterocycles. The normalized spacial score (nSPS) is 33.5. The van der Waals surface area contributed by atoms with Gasteiger partial charge in [-0.25, -0.2) is 4.98 Å². The fraction of sp³-hybridized carbons (Fsp3) is 0.800. The van der Waals surface area contributed by atoms with Crippen LogP contribution in [0.1, 0.15) is 32.0 Å². The van der Waals surface area contributed by atoms with Gasteiger partial charge in [-0.15, -0.1) is 0 Å². The summed E-state index contributed by atoms with van der Waals surface area (Å²) in [6.45, 7) is 2.08. The molecule has 5 heteroatoms. The van der Waals surface area contributed by atoms with Crippen LogP contribution in [0.25, 0.3) is 0 Å². The number of aryl methyl sites for hydroxylation is 1. The lowest BCUT2D eigenvalue weighted by Crippen LogP contribution is -2.30. The van der Waals surface area contributed by atoms with Crippen LogP contribution < -0.4 is 5.32 Å². The van der Waals surface area contributed by atoms with Crippen LogP contribution in [0.2, 0.25) is 0 Å². The maximum absolute atomic E-state index is 5.78. The van der Waals surface area contributed by atoms with Gasteiger partial charge in [0.25, 0.3) is 0 Å². The molecule has 82 valence electrons. The van der Waals surface area contributed by atoms with E-state index in [1.807, 2.05) is 0 Å². The number of hydrogen-bond acceptors (Lipinski definition) is 5. The van der Waals surface area contributed by atoms with Gasteiger partial charge in [0.05, 0.1) is 18.2 Å². The van der Waals surface area contributed by atoms with Crippen molar-refractivity contribution in [1.82, 2.24) is 9.36 Å². The highest BCUT2D eigenvalue weighted by atomic mass is 32.1. The van der Waals surface area contributed by atoms with E-state index in [9.17, 15) is 0 Å². The molecule has 4 nitrogen and oxygen atoms in total. The summed E-state index contributed by atoms with van der Waals surface area (Å²) in [7, 11) is 0. The van der Waals surface area contributed by atoms with Gasteiger partial charge in [-0.2, -0.15) is 4.37 Å². The van der Waals surface area contributed by atoms with Crippen molar-refractivity contribution in [2.75, 3.05) is 5.32 Å². The fourth-order valence-corrected chi connectivity index (χ4v) is 3.12. The second kappa shape index (κ2) is 3.72. The lowest BCUT2D eigenvalue weighted by Gasteiger charge is -2.18. The molecule has 15 heavy (non-hydrogen) atoms. The minimum absolute atomic E-state index is 0.406. The zero-order valence-corrected chi connectivity index (χ0v) is 9.59. The van der Waals surface area contributed by atoms with Crippen molar-refractivity contribution >= 4 is 16.7 Å². The predicted octanol–water partition coefficient (Wildman–Crippen LogP) is 1.83. The van der Waals surface area contributed by atoms with E-state index in [1.165, 1.54) is 24.4 Å². The lowest BCUT2D eigenvalue weighted by atomic mass is 9.96. The van der Waals surface area contributed by atoms with E-state index in [1.54, 1.807) is 0 Å². The van der Waals surface area contributed by atoms with Crippen LogP contribution in [0.4, 0.5) is 5.13 Å². The first-order valence-corrected chi connectivity index (χ1v) is 6.37. The molecule has 0 radical (unpaired) electrons. The van der Waals surface area contributed by atoms with Gasteiger partial charge in [0.2, 0.25) is 5.13 Å². The molecule has 0 aromatic carbocycles. The molecule has 1 aromatic rings. The van der Waals surface area contributed by atoms with E-state index < -0.39 is 0 Å². The smallest absolute Gasteiger partial charge is 0.202 e. The van der Waals surface area contributed by atoms with Crippen LogP contribution in [0, 0.1) is 0 Å². The molecule has 0 aliphatic carbocycles. The second-order valence-corrected chi connectivity index (χ2v) is 4.98. The van der Waals surface area contributed by atoms with Crippen LogP contribution in [0.15, 0.2) is 0 Å². The van der Waals surface area contributed by atoms with E-state index in [4.69, 9.17) is 4.74 Å². The number of ether oxygens (including phenoxy) is 1. The van der Waals surface area contributed by atoms with Crippen LogP contribution in [-0.2, 0) is 11.2 Å². The lowest BCUT2D eigenvalue weighted by molar-refractivity contribution is 0.102. The van der Waals surface area contributed by atoms with E-state index in [0.29, 0.717) is 18.2 Å². The zero-order valence-electron chi connectivity index (χ0n) is 8.77. The number of aromatic nitrogens is 2. The van der Waals surface area contributed by atoms with Gasteiger partial charge in [0.1, 0.15) is 5.82 Å². The fourth-order valence-electron chi connectivity index (χ4n) is 2.40. The molecular weight excluding hydrogens is 210 g/mol. The summed E-state index contributed by atoms with van der Waals surface area (Å²) in [4.78, 5) is 4.42. The van der Waals surface area contributed by atoms with Gasteiger partial charge in [-0.3, -0.25) is 0 Å². The van der Waals surface area contributed by atoms with Gasteiger partial charge < -0.3 is 10.1 Å². The summed E-state index contributed by atoms with van der Waals surface area (Å²) in [5, 5.41) is 4.40. The van der Waals surface area contributed by atoms with Crippen LogP contribution >= 0.6 is 11.5 Å². The number of rotatable bonds is 3. The second-order valence-electron chi connectivity index (χ2n) is 4.23. The molecule has 1 N–H and O–H groups in total. The first-order valence-electron chi connectivity index (χ1n) is 5.59. The monoisotopic (exact) mass is 225 g/mol. The molecule has 3 atom stereocenters. The molecule has 2 aliphatic rings. The third-order valence-electron chi connectivity index (χ3n) is 3.20. The molecule has 2 fully saturated rings. The summed E-state index contributed by atoms with van der Waals surface area (Å²) in [6.07, 6.45) is 5.37.